The van der Waals surface area contributed by atoms with Crippen LogP contribution in [0.3, 0.4) is 0 Å². The first kappa shape index (κ1) is 16.4. The van der Waals surface area contributed by atoms with Gasteiger partial charge in [0.1, 0.15) is 6.17 Å². The molecule has 142 valence electrons. The van der Waals surface area contributed by atoms with E-state index in [0.717, 1.165) is 12.1 Å². The SMILES string of the molecule is O=C1C[C@@]2(c3c[nH]c4ccccc34)c3ccccc3N(Cc3ccccc3)[C@H]2N1. The van der Waals surface area contributed by atoms with Crippen LogP contribution in [-0.2, 0) is 16.8 Å². The lowest BCUT2D eigenvalue weighted by Crippen LogP contribution is -2.48. The minimum Gasteiger partial charge on any atom is -0.361 e. The van der Waals surface area contributed by atoms with Gasteiger partial charge >= 0.3 is 0 Å². The maximum absolute atomic E-state index is 12.8. The average Bonchev–Trinajstić information content (AvgIpc) is 3.40. The van der Waals surface area contributed by atoms with E-state index in [-0.39, 0.29) is 12.1 Å². The molecule has 4 heteroatoms. The number of hydrogen-bond acceptors (Lipinski definition) is 2. The second-order valence-corrected chi connectivity index (χ2v) is 8.00. The Hall–Kier alpha value is -3.53. The van der Waals surface area contributed by atoms with E-state index < -0.39 is 5.41 Å². The lowest BCUT2D eigenvalue weighted by Gasteiger charge is -2.33. The van der Waals surface area contributed by atoms with Gasteiger partial charge in [-0.3, -0.25) is 4.79 Å². The normalized spacial score (nSPS) is 22.6. The van der Waals surface area contributed by atoms with Crippen molar-refractivity contribution in [1.82, 2.24) is 10.3 Å². The van der Waals surface area contributed by atoms with Crippen LogP contribution < -0.4 is 10.2 Å². The van der Waals surface area contributed by atoms with E-state index in [1.807, 2.05) is 12.1 Å². The molecular formula is C25H21N3O. The molecule has 0 radical (unpaired) electrons. The molecule has 0 aliphatic carbocycles. The molecule has 4 nitrogen and oxygen atoms in total. The Kier molecular flexibility index (Phi) is 3.39. The molecule has 2 aliphatic heterocycles. The highest BCUT2D eigenvalue weighted by Crippen LogP contribution is 2.54. The summed E-state index contributed by atoms with van der Waals surface area (Å²) in [6.07, 6.45) is 2.45. The highest BCUT2D eigenvalue weighted by Gasteiger charge is 2.58. The minimum atomic E-state index is -0.401. The third kappa shape index (κ3) is 2.23. The van der Waals surface area contributed by atoms with Gasteiger partial charge in [0.15, 0.2) is 0 Å². The van der Waals surface area contributed by atoms with Crippen molar-refractivity contribution in [3.63, 3.8) is 0 Å². The fourth-order valence-electron chi connectivity index (χ4n) is 5.29. The topological polar surface area (TPSA) is 48.1 Å². The van der Waals surface area contributed by atoms with Crippen molar-refractivity contribution >= 4 is 22.5 Å². The molecule has 1 saturated heterocycles. The van der Waals surface area contributed by atoms with Gasteiger partial charge in [0.25, 0.3) is 0 Å². The zero-order valence-electron chi connectivity index (χ0n) is 15.9. The molecule has 4 aromatic rings. The molecule has 0 saturated carbocycles. The standard InChI is InChI=1S/C25H21N3O/c29-23-14-25(20-15-26-21-12-6-4-10-18(20)21)19-11-5-7-13-22(19)28(24(25)27-23)16-17-8-2-1-3-9-17/h1-13,15,24,26H,14,16H2,(H,27,29)/t24-,25+/m1/s1. The van der Waals surface area contributed by atoms with Gasteiger partial charge in [-0.05, 0) is 28.8 Å². The van der Waals surface area contributed by atoms with Gasteiger partial charge in [0.05, 0.1) is 5.41 Å². The van der Waals surface area contributed by atoms with E-state index in [0.29, 0.717) is 6.42 Å². The van der Waals surface area contributed by atoms with Crippen molar-refractivity contribution < 1.29 is 4.79 Å². The Morgan fingerprint density at radius 2 is 1.66 bits per heavy atom. The number of nitrogens with one attached hydrogen (secondary N) is 2. The van der Waals surface area contributed by atoms with E-state index >= 15 is 0 Å². The monoisotopic (exact) mass is 379 g/mol. The number of amides is 1. The molecule has 3 aromatic carbocycles. The van der Waals surface area contributed by atoms with Gasteiger partial charge in [0.2, 0.25) is 5.91 Å². The van der Waals surface area contributed by atoms with Crippen LogP contribution in [0.15, 0.2) is 85.1 Å². The summed E-state index contributed by atoms with van der Waals surface area (Å²) in [7, 11) is 0. The number of nitrogens with zero attached hydrogens (tertiary/aromatic N) is 1. The largest absolute Gasteiger partial charge is 0.361 e. The number of benzene rings is 3. The van der Waals surface area contributed by atoms with Crippen LogP contribution in [0.5, 0.6) is 0 Å². The smallest absolute Gasteiger partial charge is 0.223 e. The Morgan fingerprint density at radius 1 is 0.897 bits per heavy atom. The molecule has 2 atom stereocenters. The first-order valence-corrected chi connectivity index (χ1v) is 10.0. The third-order valence-corrected chi connectivity index (χ3v) is 6.48. The molecule has 1 fully saturated rings. The molecular weight excluding hydrogens is 358 g/mol. The van der Waals surface area contributed by atoms with E-state index in [2.05, 4.69) is 88.1 Å². The number of carbonyl (C=O) groups is 1. The highest BCUT2D eigenvalue weighted by molar-refractivity contribution is 5.93. The number of aromatic nitrogens is 1. The molecule has 2 N–H and O–H groups in total. The molecule has 1 amide bonds. The first-order valence-electron chi connectivity index (χ1n) is 10.0. The zero-order chi connectivity index (χ0) is 19.4. The summed E-state index contributed by atoms with van der Waals surface area (Å²) in [4.78, 5) is 18.5. The van der Waals surface area contributed by atoms with Crippen molar-refractivity contribution in [3.05, 3.63) is 102 Å². The Balaban J connectivity index is 1.58. The fraction of sp³-hybridized carbons (Fsp3) is 0.160. The van der Waals surface area contributed by atoms with Crippen molar-refractivity contribution in [2.24, 2.45) is 0 Å². The first-order chi connectivity index (χ1) is 14.3. The summed E-state index contributed by atoms with van der Waals surface area (Å²) in [5.41, 5.74) is 5.56. The summed E-state index contributed by atoms with van der Waals surface area (Å²) < 4.78 is 0. The second-order valence-electron chi connectivity index (χ2n) is 8.00. The molecule has 1 aromatic heterocycles. The summed E-state index contributed by atoms with van der Waals surface area (Å²) in [5.74, 6) is 0.104. The molecule has 0 spiro atoms. The molecule has 3 heterocycles. The maximum Gasteiger partial charge on any atom is 0.223 e. The molecule has 29 heavy (non-hydrogen) atoms. The number of carbonyl (C=O) groups excluding carboxylic acids is 1. The molecule has 2 aliphatic rings. The lowest BCUT2D eigenvalue weighted by molar-refractivity contribution is -0.119. The number of aromatic amines is 1. The van der Waals surface area contributed by atoms with E-state index in [1.165, 1.54) is 27.8 Å². The summed E-state index contributed by atoms with van der Waals surface area (Å²) in [6.45, 7) is 0.757. The van der Waals surface area contributed by atoms with Crippen LogP contribution in [0.1, 0.15) is 23.1 Å². The lowest BCUT2D eigenvalue weighted by atomic mass is 9.73. The maximum atomic E-state index is 12.8. The Labute approximate surface area is 169 Å². The average molecular weight is 379 g/mol. The van der Waals surface area contributed by atoms with Crippen LogP contribution in [0.25, 0.3) is 10.9 Å². The molecule has 0 bridgehead atoms. The van der Waals surface area contributed by atoms with E-state index in [9.17, 15) is 4.79 Å². The Bertz CT molecular complexity index is 1230. The third-order valence-electron chi connectivity index (χ3n) is 6.48. The van der Waals surface area contributed by atoms with Gasteiger partial charge in [0, 0.05) is 35.8 Å². The van der Waals surface area contributed by atoms with Gasteiger partial charge < -0.3 is 15.2 Å². The van der Waals surface area contributed by atoms with Crippen molar-refractivity contribution in [1.29, 1.82) is 0 Å². The van der Waals surface area contributed by atoms with Crippen LogP contribution in [0.4, 0.5) is 5.69 Å². The van der Waals surface area contributed by atoms with Crippen LogP contribution in [0.2, 0.25) is 0 Å². The van der Waals surface area contributed by atoms with Crippen LogP contribution >= 0.6 is 0 Å². The van der Waals surface area contributed by atoms with Crippen molar-refractivity contribution in [2.75, 3.05) is 4.90 Å². The van der Waals surface area contributed by atoms with Gasteiger partial charge in [-0.25, -0.2) is 0 Å². The Morgan fingerprint density at radius 3 is 2.55 bits per heavy atom. The van der Waals surface area contributed by atoms with Crippen molar-refractivity contribution in [3.8, 4) is 0 Å². The van der Waals surface area contributed by atoms with Gasteiger partial charge in [-0.2, -0.15) is 0 Å². The zero-order valence-corrected chi connectivity index (χ0v) is 15.9. The number of para-hydroxylation sites is 2. The predicted octanol–water partition coefficient (Wildman–Crippen LogP) is 4.32. The van der Waals surface area contributed by atoms with Gasteiger partial charge in [-0.15, -0.1) is 0 Å². The second kappa shape index (κ2) is 5.98. The summed E-state index contributed by atoms with van der Waals surface area (Å²) >= 11 is 0. The number of fused-ring (bicyclic) bond motifs is 4. The predicted molar refractivity (Wildman–Crippen MR) is 115 cm³/mol. The summed E-state index contributed by atoms with van der Waals surface area (Å²) in [6, 6.07) is 27.4. The fourth-order valence-corrected chi connectivity index (χ4v) is 5.29. The number of H-pyrrole nitrogens is 1. The molecule has 0 unspecified atom stereocenters. The van der Waals surface area contributed by atoms with Gasteiger partial charge in [-0.1, -0.05) is 66.7 Å². The van der Waals surface area contributed by atoms with Crippen LogP contribution in [-0.4, -0.2) is 17.1 Å². The number of hydrogen-bond donors (Lipinski definition) is 2. The van der Waals surface area contributed by atoms with Crippen molar-refractivity contribution in [2.45, 2.75) is 24.5 Å². The van der Waals surface area contributed by atoms with Crippen LogP contribution in [0, 0.1) is 0 Å². The quantitative estimate of drug-likeness (QED) is 0.557. The molecule has 6 rings (SSSR count). The minimum absolute atomic E-state index is 0.104. The number of anilines is 1. The summed E-state index contributed by atoms with van der Waals surface area (Å²) in [5, 5.41) is 4.49. The van der Waals surface area contributed by atoms with E-state index in [4.69, 9.17) is 0 Å². The van der Waals surface area contributed by atoms with E-state index in [1.54, 1.807) is 0 Å². The highest BCUT2D eigenvalue weighted by atomic mass is 16.2. The number of rotatable bonds is 3.